The molecule has 18 heavy (non-hydrogen) atoms. The van der Waals surface area contributed by atoms with Crippen LogP contribution in [0.5, 0.6) is 0 Å². The molecule has 1 atom stereocenters. The quantitative estimate of drug-likeness (QED) is 0.821. The van der Waals surface area contributed by atoms with E-state index in [4.69, 9.17) is 10.7 Å². The van der Waals surface area contributed by atoms with Gasteiger partial charge in [0, 0.05) is 22.0 Å². The van der Waals surface area contributed by atoms with Gasteiger partial charge in [-0.1, -0.05) is 13.3 Å². The molecule has 4 nitrogen and oxygen atoms in total. The van der Waals surface area contributed by atoms with Gasteiger partial charge in [-0.2, -0.15) is 0 Å². The van der Waals surface area contributed by atoms with Crippen molar-refractivity contribution in [2.45, 2.75) is 43.4 Å². The highest BCUT2D eigenvalue weighted by Crippen LogP contribution is 2.28. The predicted molar refractivity (Wildman–Crippen MR) is 73.4 cm³/mol. The van der Waals surface area contributed by atoms with Crippen molar-refractivity contribution in [3.8, 4) is 0 Å². The molecular formula is C11H16ClNO3S2. The minimum Gasteiger partial charge on any atom is -0.349 e. The Morgan fingerprint density at radius 3 is 2.67 bits per heavy atom. The predicted octanol–water partition coefficient (Wildman–Crippen LogP) is 3.04. The number of halogens is 1. The largest absolute Gasteiger partial charge is 0.349 e. The van der Waals surface area contributed by atoms with E-state index in [1.165, 1.54) is 6.07 Å². The van der Waals surface area contributed by atoms with E-state index in [0.29, 0.717) is 6.42 Å². The minimum absolute atomic E-state index is 0.0203. The van der Waals surface area contributed by atoms with Gasteiger partial charge in [-0.3, -0.25) is 4.79 Å². The number of hydrogen-bond acceptors (Lipinski definition) is 4. The van der Waals surface area contributed by atoms with E-state index in [1.54, 1.807) is 6.07 Å². The zero-order valence-electron chi connectivity index (χ0n) is 10.3. The highest BCUT2D eigenvalue weighted by Gasteiger charge is 2.17. The van der Waals surface area contributed by atoms with E-state index < -0.39 is 9.05 Å². The summed E-state index contributed by atoms with van der Waals surface area (Å²) in [5.41, 5.74) is 0. The number of carbonyl (C=O) groups excluding carboxylic acids is 1. The second-order valence-electron chi connectivity index (χ2n) is 3.99. The van der Waals surface area contributed by atoms with Gasteiger partial charge in [-0.15, -0.1) is 11.3 Å². The van der Waals surface area contributed by atoms with Crippen LogP contribution < -0.4 is 5.32 Å². The Morgan fingerprint density at radius 1 is 1.50 bits per heavy atom. The van der Waals surface area contributed by atoms with E-state index in [9.17, 15) is 13.2 Å². The van der Waals surface area contributed by atoms with Gasteiger partial charge < -0.3 is 5.32 Å². The van der Waals surface area contributed by atoms with E-state index in [-0.39, 0.29) is 16.2 Å². The molecule has 0 aromatic carbocycles. The van der Waals surface area contributed by atoms with Crippen LogP contribution in [0.4, 0.5) is 0 Å². The topological polar surface area (TPSA) is 63.2 Å². The number of nitrogens with one attached hydrogen (secondary N) is 1. The molecule has 0 aliphatic carbocycles. The van der Waals surface area contributed by atoms with Crippen LogP contribution >= 0.6 is 22.0 Å². The molecule has 102 valence electrons. The number of unbranched alkanes of at least 4 members (excludes halogenated alkanes) is 1. The second kappa shape index (κ2) is 6.54. The van der Waals surface area contributed by atoms with Crippen molar-refractivity contribution < 1.29 is 13.2 Å². The molecular weight excluding hydrogens is 294 g/mol. The molecule has 0 saturated heterocycles. The normalized spacial score (nSPS) is 13.3. The summed E-state index contributed by atoms with van der Waals surface area (Å²) >= 11 is 1.08. The lowest BCUT2D eigenvalue weighted by atomic mass is 10.2. The van der Waals surface area contributed by atoms with Gasteiger partial charge in [0.15, 0.2) is 0 Å². The average Bonchev–Trinajstić information content (AvgIpc) is 2.75. The lowest BCUT2D eigenvalue weighted by molar-refractivity contribution is -0.121. The van der Waals surface area contributed by atoms with Crippen LogP contribution in [0.1, 0.15) is 44.0 Å². The van der Waals surface area contributed by atoms with E-state index in [1.807, 2.05) is 13.8 Å². The maximum Gasteiger partial charge on any atom is 0.270 e. The van der Waals surface area contributed by atoms with Crippen molar-refractivity contribution in [2.24, 2.45) is 0 Å². The number of amides is 1. The van der Waals surface area contributed by atoms with Crippen LogP contribution in [0.15, 0.2) is 16.3 Å². The van der Waals surface area contributed by atoms with Crippen LogP contribution in [0, 0.1) is 0 Å². The van der Waals surface area contributed by atoms with Crippen LogP contribution in [0.2, 0.25) is 0 Å². The Bertz CT molecular complexity index is 510. The summed E-state index contributed by atoms with van der Waals surface area (Å²) in [6.07, 6.45) is 2.31. The van der Waals surface area contributed by atoms with Crippen molar-refractivity contribution in [1.29, 1.82) is 0 Å². The van der Waals surface area contributed by atoms with Crippen LogP contribution in [0.3, 0.4) is 0 Å². The summed E-state index contributed by atoms with van der Waals surface area (Å²) in [6.45, 7) is 3.84. The Labute approximate surface area is 116 Å². The molecule has 0 aliphatic rings. The molecule has 1 unspecified atom stereocenters. The molecule has 7 heteroatoms. The summed E-state index contributed by atoms with van der Waals surface area (Å²) in [5, 5.41) is 2.83. The fourth-order valence-electron chi connectivity index (χ4n) is 1.42. The molecule has 0 fully saturated rings. The molecule has 0 saturated carbocycles. The zero-order chi connectivity index (χ0) is 13.8. The summed E-state index contributed by atoms with van der Waals surface area (Å²) in [7, 11) is 1.57. The highest BCUT2D eigenvalue weighted by molar-refractivity contribution is 8.15. The number of rotatable bonds is 6. The van der Waals surface area contributed by atoms with Gasteiger partial charge in [0.05, 0.1) is 6.04 Å². The van der Waals surface area contributed by atoms with Gasteiger partial charge >= 0.3 is 0 Å². The summed E-state index contributed by atoms with van der Waals surface area (Å²) in [4.78, 5) is 12.3. The fourth-order valence-corrected chi connectivity index (χ4v) is 3.52. The first-order chi connectivity index (χ1) is 8.34. The van der Waals surface area contributed by atoms with Gasteiger partial charge in [-0.05, 0) is 25.5 Å². The third-order valence-electron chi connectivity index (χ3n) is 2.40. The first-order valence-electron chi connectivity index (χ1n) is 5.68. The molecule has 0 spiro atoms. The van der Waals surface area contributed by atoms with Gasteiger partial charge in [-0.25, -0.2) is 8.42 Å². The van der Waals surface area contributed by atoms with Gasteiger partial charge in [0.2, 0.25) is 5.91 Å². The minimum atomic E-state index is -3.68. The van der Waals surface area contributed by atoms with Crippen molar-refractivity contribution in [1.82, 2.24) is 5.32 Å². The molecule has 0 radical (unpaired) electrons. The molecule has 1 rings (SSSR count). The number of carbonyl (C=O) groups is 1. The zero-order valence-corrected chi connectivity index (χ0v) is 12.7. The average molecular weight is 310 g/mol. The third-order valence-corrected chi connectivity index (χ3v) is 5.76. The molecule has 1 heterocycles. The third kappa shape index (κ3) is 4.59. The molecule has 0 bridgehead atoms. The van der Waals surface area contributed by atoms with Gasteiger partial charge in [0.25, 0.3) is 9.05 Å². The maximum atomic E-state index is 11.5. The first-order valence-corrected chi connectivity index (χ1v) is 8.81. The molecule has 1 aromatic rings. The molecule has 1 N–H and O–H groups in total. The van der Waals surface area contributed by atoms with Crippen molar-refractivity contribution in [2.75, 3.05) is 0 Å². The SMILES string of the molecule is CCCCC(=O)NC(C)c1ccc(S(=O)(=O)Cl)s1. The molecule has 0 aliphatic heterocycles. The Balaban J connectivity index is 2.65. The van der Waals surface area contributed by atoms with Crippen molar-refractivity contribution >= 4 is 37.0 Å². The highest BCUT2D eigenvalue weighted by atomic mass is 35.7. The standard InChI is InChI=1S/C11H16ClNO3S2/c1-3-4-5-10(14)13-8(2)9-6-7-11(17-9)18(12,15)16/h6-8H,3-5H2,1-2H3,(H,13,14). The summed E-state index contributed by atoms with van der Waals surface area (Å²) in [5.74, 6) is -0.0203. The second-order valence-corrected chi connectivity index (χ2v) is 7.90. The monoisotopic (exact) mass is 309 g/mol. The Hall–Kier alpha value is -0.590. The van der Waals surface area contributed by atoms with Crippen LogP contribution in [0.25, 0.3) is 0 Å². The fraction of sp³-hybridized carbons (Fsp3) is 0.545. The summed E-state index contributed by atoms with van der Waals surface area (Å²) in [6, 6.07) is 2.92. The van der Waals surface area contributed by atoms with Crippen LogP contribution in [-0.2, 0) is 13.8 Å². The number of hydrogen-bond donors (Lipinski definition) is 1. The lowest BCUT2D eigenvalue weighted by Gasteiger charge is -2.11. The first kappa shape index (κ1) is 15.5. The smallest absolute Gasteiger partial charge is 0.270 e. The maximum absolute atomic E-state index is 11.5. The van der Waals surface area contributed by atoms with E-state index >= 15 is 0 Å². The summed E-state index contributed by atoms with van der Waals surface area (Å²) < 4.78 is 22.3. The van der Waals surface area contributed by atoms with E-state index in [2.05, 4.69) is 5.32 Å². The van der Waals surface area contributed by atoms with E-state index in [0.717, 1.165) is 29.1 Å². The Kier molecular flexibility index (Phi) is 5.62. The van der Waals surface area contributed by atoms with Gasteiger partial charge in [0.1, 0.15) is 4.21 Å². The van der Waals surface area contributed by atoms with Crippen molar-refractivity contribution in [3.63, 3.8) is 0 Å². The van der Waals surface area contributed by atoms with Crippen LogP contribution in [-0.4, -0.2) is 14.3 Å². The molecule has 1 amide bonds. The Morgan fingerprint density at radius 2 is 2.17 bits per heavy atom. The molecule has 1 aromatic heterocycles. The van der Waals surface area contributed by atoms with Crippen molar-refractivity contribution in [3.05, 3.63) is 17.0 Å². The lowest BCUT2D eigenvalue weighted by Crippen LogP contribution is -2.25. The number of thiophene rings is 1.